The van der Waals surface area contributed by atoms with Crippen molar-refractivity contribution in [3.8, 4) is 11.3 Å². The zero-order valence-corrected chi connectivity index (χ0v) is 14.3. The normalized spacial score (nSPS) is 11.5. The number of carbonyl (C=O) groups excluding carboxylic acids is 1. The molecule has 0 unspecified atom stereocenters. The predicted molar refractivity (Wildman–Crippen MR) is 92.2 cm³/mol. The molecule has 24 heavy (non-hydrogen) atoms. The van der Waals surface area contributed by atoms with Gasteiger partial charge in [-0.15, -0.1) is 16.4 Å². The van der Waals surface area contributed by atoms with Crippen molar-refractivity contribution in [3.05, 3.63) is 28.9 Å². The van der Waals surface area contributed by atoms with Crippen molar-refractivity contribution in [3.63, 3.8) is 0 Å². The summed E-state index contributed by atoms with van der Waals surface area (Å²) >= 11 is 1.39. The van der Waals surface area contributed by atoms with Crippen molar-refractivity contribution in [2.24, 2.45) is 7.05 Å². The molecule has 0 atom stereocenters. The van der Waals surface area contributed by atoms with E-state index in [0.29, 0.717) is 11.5 Å². The van der Waals surface area contributed by atoms with Crippen molar-refractivity contribution in [2.75, 3.05) is 6.61 Å². The average Bonchev–Trinajstić information content (AvgIpc) is 3.19. The van der Waals surface area contributed by atoms with Crippen LogP contribution < -0.4 is 0 Å². The first kappa shape index (κ1) is 14.8. The lowest BCUT2D eigenvalue weighted by Gasteiger charge is -2.02. The highest BCUT2D eigenvalue weighted by molar-refractivity contribution is 7.21. The van der Waals surface area contributed by atoms with Crippen molar-refractivity contribution in [1.82, 2.24) is 25.0 Å². The van der Waals surface area contributed by atoms with Gasteiger partial charge in [-0.25, -0.2) is 9.48 Å². The van der Waals surface area contributed by atoms with E-state index in [9.17, 15) is 4.79 Å². The number of hydrogen-bond donors (Lipinski definition) is 1. The number of rotatable bonds is 3. The summed E-state index contributed by atoms with van der Waals surface area (Å²) < 4.78 is 7.75. The molecular formula is C16H15N5O2S. The summed E-state index contributed by atoms with van der Waals surface area (Å²) in [4.78, 5) is 20.4. The lowest BCUT2D eigenvalue weighted by Crippen LogP contribution is -2.01. The molecule has 0 saturated heterocycles. The molecule has 0 bridgehead atoms. The lowest BCUT2D eigenvalue weighted by molar-refractivity contribution is 0.0532. The number of esters is 1. The molecular weight excluding hydrogens is 326 g/mol. The number of carbonyl (C=O) groups is 1. The highest BCUT2D eigenvalue weighted by Gasteiger charge is 2.17. The fourth-order valence-electron chi connectivity index (χ4n) is 2.83. The Balaban J connectivity index is 1.83. The van der Waals surface area contributed by atoms with Crippen LogP contribution in [0, 0.1) is 6.92 Å². The molecule has 4 heterocycles. The summed E-state index contributed by atoms with van der Waals surface area (Å²) in [6, 6.07) is 3.85. The molecule has 0 aliphatic rings. The van der Waals surface area contributed by atoms with Gasteiger partial charge in [-0.2, -0.15) is 0 Å². The summed E-state index contributed by atoms with van der Waals surface area (Å²) in [5.74, 6) is -0.298. The van der Waals surface area contributed by atoms with Crippen LogP contribution in [0.4, 0.5) is 0 Å². The van der Waals surface area contributed by atoms with Crippen molar-refractivity contribution in [2.45, 2.75) is 13.8 Å². The van der Waals surface area contributed by atoms with Gasteiger partial charge in [-0.1, -0.05) is 5.21 Å². The Morgan fingerprint density at radius 3 is 2.92 bits per heavy atom. The molecule has 0 radical (unpaired) electrons. The van der Waals surface area contributed by atoms with Crippen LogP contribution in [0.15, 0.2) is 18.3 Å². The van der Waals surface area contributed by atoms with Gasteiger partial charge in [-0.3, -0.25) is 4.98 Å². The standard InChI is InChI=1S/C16H15N5O2S/c1-4-23-16(22)12-6-11-15(24-12)13-10(18-11)5-9(7-17-13)14-8(2)19-20-21(14)3/h5-7,18H,4H2,1-3H3. The minimum absolute atomic E-state index is 0.298. The summed E-state index contributed by atoms with van der Waals surface area (Å²) in [7, 11) is 1.86. The molecule has 0 fully saturated rings. The molecule has 0 saturated carbocycles. The number of aryl methyl sites for hydroxylation is 2. The second-order valence-corrected chi connectivity index (χ2v) is 6.52. The average molecular weight is 341 g/mol. The topological polar surface area (TPSA) is 85.7 Å². The Kier molecular flexibility index (Phi) is 3.34. The van der Waals surface area contributed by atoms with Crippen LogP contribution in [0.5, 0.6) is 0 Å². The molecule has 4 aromatic heterocycles. The van der Waals surface area contributed by atoms with Gasteiger partial charge in [0.2, 0.25) is 0 Å². The number of H-pyrrole nitrogens is 1. The number of nitrogens with zero attached hydrogens (tertiary/aromatic N) is 4. The van der Waals surface area contributed by atoms with Crippen molar-refractivity contribution >= 4 is 38.6 Å². The molecule has 0 spiro atoms. The van der Waals surface area contributed by atoms with Crippen LogP contribution in [-0.2, 0) is 11.8 Å². The van der Waals surface area contributed by atoms with Crippen LogP contribution in [0.1, 0.15) is 22.3 Å². The minimum atomic E-state index is -0.298. The van der Waals surface area contributed by atoms with E-state index in [4.69, 9.17) is 4.74 Å². The summed E-state index contributed by atoms with van der Waals surface area (Å²) in [6.45, 7) is 4.08. The number of nitrogens with one attached hydrogen (secondary N) is 1. The third-order valence-electron chi connectivity index (χ3n) is 3.85. The zero-order valence-electron chi connectivity index (χ0n) is 13.5. The van der Waals surface area contributed by atoms with Crippen LogP contribution in [0.25, 0.3) is 32.5 Å². The highest BCUT2D eigenvalue weighted by atomic mass is 32.1. The van der Waals surface area contributed by atoms with Gasteiger partial charge in [-0.05, 0) is 26.0 Å². The van der Waals surface area contributed by atoms with E-state index in [0.717, 1.165) is 38.2 Å². The van der Waals surface area contributed by atoms with Crippen LogP contribution in [-0.4, -0.2) is 37.5 Å². The Bertz CT molecular complexity index is 1060. The van der Waals surface area contributed by atoms with E-state index in [1.54, 1.807) is 11.6 Å². The van der Waals surface area contributed by atoms with E-state index in [1.807, 2.05) is 32.3 Å². The zero-order chi connectivity index (χ0) is 16.8. The van der Waals surface area contributed by atoms with Gasteiger partial charge >= 0.3 is 5.97 Å². The van der Waals surface area contributed by atoms with Gasteiger partial charge in [0.15, 0.2) is 0 Å². The first-order valence-corrected chi connectivity index (χ1v) is 8.35. The van der Waals surface area contributed by atoms with Crippen molar-refractivity contribution < 1.29 is 9.53 Å². The maximum Gasteiger partial charge on any atom is 0.348 e. The second-order valence-electron chi connectivity index (χ2n) is 5.47. The van der Waals surface area contributed by atoms with E-state index >= 15 is 0 Å². The second kappa shape index (κ2) is 5.41. The molecule has 0 aliphatic carbocycles. The Morgan fingerprint density at radius 2 is 2.21 bits per heavy atom. The first-order chi connectivity index (χ1) is 11.6. The molecule has 0 amide bonds. The Hall–Kier alpha value is -2.74. The van der Waals surface area contributed by atoms with Crippen LogP contribution in [0.2, 0.25) is 0 Å². The molecule has 122 valence electrons. The Morgan fingerprint density at radius 1 is 1.38 bits per heavy atom. The molecule has 8 heteroatoms. The summed E-state index contributed by atoms with van der Waals surface area (Å²) in [5.41, 5.74) is 5.41. The van der Waals surface area contributed by atoms with E-state index in [2.05, 4.69) is 20.3 Å². The maximum absolute atomic E-state index is 11.9. The van der Waals surface area contributed by atoms with Crippen LogP contribution >= 0.6 is 11.3 Å². The molecule has 7 nitrogen and oxygen atoms in total. The number of fused-ring (bicyclic) bond motifs is 3. The van der Waals surface area contributed by atoms with Crippen molar-refractivity contribution in [1.29, 1.82) is 0 Å². The largest absolute Gasteiger partial charge is 0.462 e. The van der Waals surface area contributed by atoms with E-state index in [1.165, 1.54) is 11.3 Å². The van der Waals surface area contributed by atoms with Gasteiger partial charge in [0.05, 0.1) is 33.7 Å². The number of ether oxygens (including phenoxy) is 1. The third kappa shape index (κ3) is 2.18. The molecule has 0 aliphatic heterocycles. The molecule has 4 rings (SSSR count). The molecule has 0 aromatic carbocycles. The van der Waals surface area contributed by atoms with Gasteiger partial charge < -0.3 is 9.72 Å². The number of pyridine rings is 1. The highest BCUT2D eigenvalue weighted by Crippen LogP contribution is 2.33. The van der Waals surface area contributed by atoms with Gasteiger partial charge in [0.25, 0.3) is 0 Å². The smallest absolute Gasteiger partial charge is 0.348 e. The quantitative estimate of drug-likeness (QED) is 0.579. The first-order valence-electron chi connectivity index (χ1n) is 7.53. The number of aromatic amines is 1. The lowest BCUT2D eigenvalue weighted by atomic mass is 10.1. The van der Waals surface area contributed by atoms with E-state index < -0.39 is 0 Å². The minimum Gasteiger partial charge on any atom is -0.462 e. The SMILES string of the molecule is CCOC(=O)c1cc2[nH]c3cc(-c4c(C)nnn4C)cnc3c2s1. The predicted octanol–water partition coefficient (Wildman–Crippen LogP) is 3.06. The summed E-state index contributed by atoms with van der Waals surface area (Å²) in [5, 5.41) is 8.11. The fourth-order valence-corrected chi connectivity index (χ4v) is 3.85. The molecule has 1 N–H and O–H groups in total. The van der Waals surface area contributed by atoms with Gasteiger partial charge in [0, 0.05) is 18.8 Å². The molecule has 4 aromatic rings. The Labute approximate surface area is 141 Å². The maximum atomic E-state index is 11.9. The monoisotopic (exact) mass is 341 g/mol. The number of thiophene rings is 1. The number of hydrogen-bond acceptors (Lipinski definition) is 6. The van der Waals surface area contributed by atoms with Gasteiger partial charge in [0.1, 0.15) is 10.4 Å². The number of aromatic nitrogens is 5. The van der Waals surface area contributed by atoms with E-state index in [-0.39, 0.29) is 5.97 Å². The van der Waals surface area contributed by atoms with Crippen LogP contribution in [0.3, 0.4) is 0 Å². The summed E-state index contributed by atoms with van der Waals surface area (Å²) in [6.07, 6.45) is 1.81. The fraction of sp³-hybridized carbons (Fsp3) is 0.250. The third-order valence-corrected chi connectivity index (χ3v) is 4.97.